The highest BCUT2D eigenvalue weighted by molar-refractivity contribution is 5.41. The number of nitrogens with zero attached hydrogens (tertiary/aromatic N) is 5. The maximum Gasteiger partial charge on any atom is 0.244 e. The van der Waals surface area contributed by atoms with Crippen LogP contribution in [-0.2, 0) is 13.0 Å². The second kappa shape index (κ2) is 9.43. The van der Waals surface area contributed by atoms with Crippen LogP contribution in [-0.4, -0.2) is 52.8 Å². The van der Waals surface area contributed by atoms with Crippen molar-refractivity contribution < 1.29 is 4.39 Å². The third-order valence-corrected chi connectivity index (χ3v) is 5.13. The number of nitrogens with one attached hydrogen (secondary N) is 1. The summed E-state index contributed by atoms with van der Waals surface area (Å²) in [4.78, 5) is 9.27. The summed E-state index contributed by atoms with van der Waals surface area (Å²) in [5, 5.41) is 11.3. The molecule has 0 bridgehead atoms. The zero-order chi connectivity index (χ0) is 19.9. The van der Waals surface area contributed by atoms with Gasteiger partial charge in [0.15, 0.2) is 5.82 Å². The van der Waals surface area contributed by atoms with Crippen LogP contribution < -0.4 is 10.2 Å². The van der Waals surface area contributed by atoms with Gasteiger partial charge in [0, 0.05) is 39.3 Å². The number of benzene rings is 2. The van der Waals surface area contributed by atoms with Crippen molar-refractivity contribution in [3.8, 4) is 0 Å². The van der Waals surface area contributed by atoms with Gasteiger partial charge in [-0.15, -0.1) is 5.10 Å². The van der Waals surface area contributed by atoms with Crippen molar-refractivity contribution in [2.24, 2.45) is 0 Å². The minimum atomic E-state index is -0.185. The first-order valence-corrected chi connectivity index (χ1v) is 9.96. The zero-order valence-electron chi connectivity index (χ0n) is 16.3. The van der Waals surface area contributed by atoms with Crippen molar-refractivity contribution in [1.29, 1.82) is 0 Å². The van der Waals surface area contributed by atoms with Gasteiger partial charge >= 0.3 is 0 Å². The highest BCUT2D eigenvalue weighted by Gasteiger charge is 2.19. The molecule has 1 saturated heterocycles. The zero-order valence-corrected chi connectivity index (χ0v) is 16.3. The highest BCUT2D eigenvalue weighted by Crippen LogP contribution is 2.15. The van der Waals surface area contributed by atoms with Gasteiger partial charge in [0.1, 0.15) is 5.82 Å². The molecule has 1 N–H and O–H groups in total. The molecule has 1 aliphatic rings. The first-order valence-electron chi connectivity index (χ1n) is 9.96. The summed E-state index contributed by atoms with van der Waals surface area (Å²) >= 11 is 0. The quantitative estimate of drug-likeness (QED) is 0.667. The molecule has 2 heterocycles. The molecular weight excluding hydrogens is 367 g/mol. The van der Waals surface area contributed by atoms with Crippen molar-refractivity contribution in [3.63, 3.8) is 0 Å². The van der Waals surface area contributed by atoms with Crippen molar-refractivity contribution in [2.45, 2.75) is 13.0 Å². The number of hydrogen-bond acceptors (Lipinski definition) is 6. The molecule has 1 fully saturated rings. The Balaban J connectivity index is 1.28. The normalized spacial score (nSPS) is 14.7. The number of rotatable bonds is 7. The van der Waals surface area contributed by atoms with Crippen molar-refractivity contribution in [3.05, 3.63) is 77.7 Å². The van der Waals surface area contributed by atoms with Crippen LogP contribution in [0.3, 0.4) is 0 Å². The number of anilines is 2. The Morgan fingerprint density at radius 2 is 1.69 bits per heavy atom. The predicted molar refractivity (Wildman–Crippen MR) is 112 cm³/mol. The summed E-state index contributed by atoms with van der Waals surface area (Å²) in [6.07, 6.45) is 2.27. The molecule has 0 atom stereocenters. The second-order valence-corrected chi connectivity index (χ2v) is 7.16. The monoisotopic (exact) mass is 392 g/mol. The highest BCUT2D eigenvalue weighted by atomic mass is 19.1. The van der Waals surface area contributed by atoms with Gasteiger partial charge in [-0.2, -0.15) is 10.1 Å². The molecule has 29 heavy (non-hydrogen) atoms. The third-order valence-electron chi connectivity index (χ3n) is 5.13. The summed E-state index contributed by atoms with van der Waals surface area (Å²) < 4.78 is 13.7. The first kappa shape index (κ1) is 19.3. The van der Waals surface area contributed by atoms with E-state index in [1.165, 1.54) is 11.6 Å². The molecule has 3 aromatic rings. The van der Waals surface area contributed by atoms with E-state index >= 15 is 0 Å². The van der Waals surface area contributed by atoms with Gasteiger partial charge in [0.25, 0.3) is 0 Å². The number of piperazine rings is 1. The molecule has 0 spiro atoms. The summed E-state index contributed by atoms with van der Waals surface area (Å²) in [7, 11) is 0. The molecule has 0 amide bonds. The average molecular weight is 392 g/mol. The lowest BCUT2D eigenvalue weighted by Crippen LogP contribution is -2.46. The molecular formula is C22H25FN6. The van der Waals surface area contributed by atoms with Crippen LogP contribution >= 0.6 is 0 Å². The largest absolute Gasteiger partial charge is 0.353 e. The average Bonchev–Trinajstić information content (AvgIpc) is 2.77. The summed E-state index contributed by atoms with van der Waals surface area (Å²) in [5.41, 5.74) is 2.02. The van der Waals surface area contributed by atoms with E-state index in [0.29, 0.717) is 24.5 Å². The van der Waals surface area contributed by atoms with E-state index in [0.717, 1.165) is 38.5 Å². The molecule has 2 aromatic carbocycles. The Hall–Kier alpha value is -3.06. The fraction of sp³-hybridized carbons (Fsp3) is 0.318. The van der Waals surface area contributed by atoms with Crippen molar-refractivity contribution >= 4 is 11.8 Å². The van der Waals surface area contributed by atoms with E-state index < -0.39 is 0 Å². The van der Waals surface area contributed by atoms with E-state index in [-0.39, 0.29) is 5.82 Å². The third kappa shape index (κ3) is 5.26. The minimum Gasteiger partial charge on any atom is -0.353 e. The lowest BCUT2D eigenvalue weighted by atomic mass is 10.1. The van der Waals surface area contributed by atoms with Gasteiger partial charge in [-0.05, 0) is 23.6 Å². The Bertz CT molecular complexity index is 912. The Labute approximate surface area is 170 Å². The van der Waals surface area contributed by atoms with Gasteiger partial charge in [-0.25, -0.2) is 4.39 Å². The fourth-order valence-corrected chi connectivity index (χ4v) is 3.51. The van der Waals surface area contributed by atoms with Crippen molar-refractivity contribution in [2.75, 3.05) is 42.9 Å². The van der Waals surface area contributed by atoms with Gasteiger partial charge in [-0.3, -0.25) is 4.90 Å². The molecule has 150 valence electrons. The molecule has 1 aromatic heterocycles. The standard InChI is InChI=1S/C22H25FN6/c23-20-9-5-4-8-19(20)10-11-24-22-26-21(16-25-27-22)29-14-12-28(13-15-29)17-18-6-2-1-3-7-18/h1-9,16H,10-15,17H2,(H,24,26,27). The summed E-state index contributed by atoms with van der Waals surface area (Å²) in [6, 6.07) is 17.4. The summed E-state index contributed by atoms with van der Waals surface area (Å²) in [6.45, 7) is 5.29. The molecule has 0 radical (unpaired) electrons. The van der Waals surface area contributed by atoms with Crippen LogP contribution in [0.25, 0.3) is 0 Å². The first-order chi connectivity index (χ1) is 14.3. The Morgan fingerprint density at radius 1 is 0.931 bits per heavy atom. The smallest absolute Gasteiger partial charge is 0.244 e. The number of aromatic nitrogens is 3. The maximum absolute atomic E-state index is 13.7. The minimum absolute atomic E-state index is 0.185. The molecule has 0 saturated carbocycles. The summed E-state index contributed by atoms with van der Waals surface area (Å²) in [5.74, 6) is 1.12. The van der Waals surface area contributed by atoms with Gasteiger partial charge < -0.3 is 10.2 Å². The maximum atomic E-state index is 13.7. The molecule has 1 aliphatic heterocycles. The van der Waals surface area contributed by atoms with Crippen molar-refractivity contribution in [1.82, 2.24) is 20.1 Å². The number of hydrogen-bond donors (Lipinski definition) is 1. The SMILES string of the molecule is Fc1ccccc1CCNc1nncc(N2CCN(Cc3ccccc3)CC2)n1. The van der Waals surface area contributed by atoms with Gasteiger partial charge in [0.2, 0.25) is 5.95 Å². The molecule has 6 nitrogen and oxygen atoms in total. The van der Waals surface area contributed by atoms with Crippen LogP contribution in [0, 0.1) is 5.82 Å². The fourth-order valence-electron chi connectivity index (χ4n) is 3.51. The van der Waals surface area contributed by atoms with E-state index in [2.05, 4.69) is 54.6 Å². The molecule has 7 heteroatoms. The van der Waals surface area contributed by atoms with Crippen LogP contribution in [0.15, 0.2) is 60.8 Å². The van der Waals surface area contributed by atoms with E-state index in [4.69, 9.17) is 0 Å². The van der Waals surface area contributed by atoms with Crippen LogP contribution in [0.5, 0.6) is 0 Å². The predicted octanol–water partition coefficient (Wildman–Crippen LogP) is 2.99. The van der Waals surface area contributed by atoms with E-state index in [1.54, 1.807) is 18.3 Å². The van der Waals surface area contributed by atoms with E-state index in [1.807, 2.05) is 12.1 Å². The van der Waals surface area contributed by atoms with Crippen LogP contribution in [0.2, 0.25) is 0 Å². The van der Waals surface area contributed by atoms with Gasteiger partial charge in [0.05, 0.1) is 6.20 Å². The molecule has 0 aliphatic carbocycles. The number of halogens is 1. The molecule has 4 rings (SSSR count). The van der Waals surface area contributed by atoms with Crippen LogP contribution in [0.4, 0.5) is 16.2 Å². The molecule has 0 unspecified atom stereocenters. The Morgan fingerprint density at radius 3 is 2.48 bits per heavy atom. The lowest BCUT2D eigenvalue weighted by molar-refractivity contribution is 0.249. The lowest BCUT2D eigenvalue weighted by Gasteiger charge is -2.35. The van der Waals surface area contributed by atoms with E-state index in [9.17, 15) is 4.39 Å². The van der Waals surface area contributed by atoms with Crippen LogP contribution in [0.1, 0.15) is 11.1 Å². The second-order valence-electron chi connectivity index (χ2n) is 7.16. The van der Waals surface area contributed by atoms with Gasteiger partial charge in [-0.1, -0.05) is 48.5 Å². The Kier molecular flexibility index (Phi) is 6.26. The topological polar surface area (TPSA) is 57.2 Å².